The van der Waals surface area contributed by atoms with Crippen molar-refractivity contribution in [2.75, 3.05) is 19.6 Å². The average molecular weight is 314 g/mol. The molecule has 2 heterocycles. The summed E-state index contributed by atoms with van der Waals surface area (Å²) in [5.41, 5.74) is 2.03. The average Bonchev–Trinajstić information content (AvgIpc) is 3.04. The van der Waals surface area contributed by atoms with E-state index in [1.165, 1.54) is 11.6 Å². The molecule has 2 aromatic rings. The van der Waals surface area contributed by atoms with Crippen molar-refractivity contribution in [3.63, 3.8) is 0 Å². The van der Waals surface area contributed by atoms with Gasteiger partial charge < -0.3 is 5.11 Å². The van der Waals surface area contributed by atoms with Gasteiger partial charge in [0.1, 0.15) is 5.82 Å². The number of hydrogen-bond donors (Lipinski definition) is 1. The summed E-state index contributed by atoms with van der Waals surface area (Å²) in [6.07, 6.45) is 3.91. The van der Waals surface area contributed by atoms with Crippen molar-refractivity contribution in [1.29, 1.82) is 0 Å². The van der Waals surface area contributed by atoms with Crippen LogP contribution in [0.15, 0.2) is 30.5 Å². The molecule has 1 aliphatic carbocycles. The summed E-state index contributed by atoms with van der Waals surface area (Å²) in [7, 11) is 0. The zero-order valence-electron chi connectivity index (χ0n) is 12.8. The minimum absolute atomic E-state index is 0.140. The summed E-state index contributed by atoms with van der Waals surface area (Å²) in [6.45, 7) is 1.87. The summed E-state index contributed by atoms with van der Waals surface area (Å²) in [4.78, 5) is 17.2. The number of aliphatic carboxylic acids is 1. The molecule has 1 saturated heterocycles. The number of nitrogens with zero attached hydrogens (tertiary/aromatic N) is 2. The second-order valence-corrected chi connectivity index (χ2v) is 6.84. The molecule has 23 heavy (non-hydrogen) atoms. The van der Waals surface area contributed by atoms with E-state index in [0.29, 0.717) is 17.8 Å². The number of pyridine rings is 1. The van der Waals surface area contributed by atoms with Crippen molar-refractivity contribution < 1.29 is 14.3 Å². The van der Waals surface area contributed by atoms with Gasteiger partial charge in [0.05, 0.1) is 12.1 Å². The van der Waals surface area contributed by atoms with Gasteiger partial charge in [-0.3, -0.25) is 14.7 Å². The van der Waals surface area contributed by atoms with Crippen LogP contribution in [0.2, 0.25) is 0 Å². The third-order valence-electron chi connectivity index (χ3n) is 5.36. The lowest BCUT2D eigenvalue weighted by molar-refractivity contribution is -0.138. The number of carboxylic acid groups (broad SMARTS) is 1. The van der Waals surface area contributed by atoms with E-state index in [4.69, 9.17) is 5.11 Å². The first kappa shape index (κ1) is 14.6. The number of carboxylic acids is 1. The maximum Gasteiger partial charge on any atom is 0.317 e. The Bertz CT molecular complexity index is 750. The monoisotopic (exact) mass is 314 g/mol. The number of benzene rings is 1. The quantitative estimate of drug-likeness (QED) is 0.946. The van der Waals surface area contributed by atoms with Crippen LogP contribution in [0.3, 0.4) is 0 Å². The van der Waals surface area contributed by atoms with Crippen LogP contribution in [0.25, 0.3) is 10.9 Å². The minimum atomic E-state index is -0.753. The molecule has 1 aromatic heterocycles. The normalized spacial score (nSPS) is 27.4. The lowest BCUT2D eigenvalue weighted by atomic mass is 9.93. The SMILES string of the molecule is O=C(O)CN1CC2C[C@@H](c3ccnc4ccc(F)cc34)C[C@H]2C1. The maximum atomic E-state index is 13.6. The number of fused-ring (bicyclic) bond motifs is 2. The number of aromatic nitrogens is 1. The van der Waals surface area contributed by atoms with Gasteiger partial charge in [0.2, 0.25) is 0 Å². The first-order chi connectivity index (χ1) is 11.1. The molecule has 1 aromatic carbocycles. The van der Waals surface area contributed by atoms with Crippen LogP contribution in [0.1, 0.15) is 24.3 Å². The summed E-state index contributed by atoms with van der Waals surface area (Å²) in [6, 6.07) is 6.79. The minimum Gasteiger partial charge on any atom is -0.480 e. The number of likely N-dealkylation sites (tertiary alicyclic amines) is 1. The molecule has 0 spiro atoms. The Hall–Kier alpha value is -2.01. The van der Waals surface area contributed by atoms with Gasteiger partial charge in [0, 0.05) is 24.7 Å². The molecule has 1 unspecified atom stereocenters. The van der Waals surface area contributed by atoms with Crippen molar-refractivity contribution in [2.45, 2.75) is 18.8 Å². The second-order valence-electron chi connectivity index (χ2n) is 6.84. The van der Waals surface area contributed by atoms with Gasteiger partial charge >= 0.3 is 5.97 Å². The van der Waals surface area contributed by atoms with Crippen LogP contribution in [-0.2, 0) is 4.79 Å². The van der Waals surface area contributed by atoms with Crippen molar-refractivity contribution in [2.24, 2.45) is 11.8 Å². The van der Waals surface area contributed by atoms with Crippen molar-refractivity contribution in [3.05, 3.63) is 41.8 Å². The molecule has 3 atom stereocenters. The number of rotatable bonds is 3. The van der Waals surface area contributed by atoms with E-state index >= 15 is 0 Å². The standard InChI is InChI=1S/C18H19FN2O2/c19-14-1-2-17-16(7-14)15(3-4-20-17)11-5-12-8-21(10-18(22)23)9-13(12)6-11/h1-4,7,11-13H,5-6,8-10H2,(H,22,23)/t11-,12-,13?/m0/s1. The van der Waals surface area contributed by atoms with E-state index in [2.05, 4.69) is 4.98 Å². The lowest BCUT2D eigenvalue weighted by Gasteiger charge is -2.18. The van der Waals surface area contributed by atoms with E-state index < -0.39 is 5.97 Å². The lowest BCUT2D eigenvalue weighted by Crippen LogP contribution is -2.28. The summed E-state index contributed by atoms with van der Waals surface area (Å²) in [5.74, 6) is 0.547. The fourth-order valence-corrected chi connectivity index (χ4v) is 4.47. The van der Waals surface area contributed by atoms with Crippen molar-refractivity contribution in [1.82, 2.24) is 9.88 Å². The van der Waals surface area contributed by atoms with Gasteiger partial charge in [0.15, 0.2) is 0 Å². The summed E-state index contributed by atoms with van der Waals surface area (Å²) >= 11 is 0. The molecule has 2 aliphatic rings. The zero-order chi connectivity index (χ0) is 16.0. The number of carbonyl (C=O) groups is 1. The summed E-state index contributed by atoms with van der Waals surface area (Å²) < 4.78 is 13.6. The first-order valence-electron chi connectivity index (χ1n) is 8.08. The smallest absolute Gasteiger partial charge is 0.317 e. The highest BCUT2D eigenvalue weighted by Crippen LogP contribution is 2.47. The highest BCUT2D eigenvalue weighted by molar-refractivity contribution is 5.82. The Balaban J connectivity index is 1.56. The number of halogens is 1. The molecule has 1 N–H and O–H groups in total. The van der Waals surface area contributed by atoms with Crippen LogP contribution in [-0.4, -0.2) is 40.6 Å². The molecular formula is C18H19FN2O2. The highest BCUT2D eigenvalue weighted by Gasteiger charge is 2.41. The van der Waals surface area contributed by atoms with Gasteiger partial charge in [-0.25, -0.2) is 4.39 Å². The zero-order valence-corrected chi connectivity index (χ0v) is 12.8. The Kier molecular flexibility index (Phi) is 3.53. The predicted octanol–water partition coefficient (Wildman–Crippen LogP) is 2.88. The Labute approximate surface area is 133 Å². The van der Waals surface area contributed by atoms with Crippen LogP contribution < -0.4 is 0 Å². The Morgan fingerprint density at radius 3 is 2.70 bits per heavy atom. The maximum absolute atomic E-state index is 13.6. The number of hydrogen-bond acceptors (Lipinski definition) is 3. The molecule has 0 radical (unpaired) electrons. The molecule has 5 heteroatoms. The molecule has 4 rings (SSSR count). The third-order valence-corrected chi connectivity index (χ3v) is 5.36. The van der Waals surface area contributed by atoms with Crippen molar-refractivity contribution in [3.8, 4) is 0 Å². The van der Waals surface area contributed by atoms with Gasteiger partial charge in [-0.2, -0.15) is 0 Å². The van der Waals surface area contributed by atoms with Crippen LogP contribution in [0.4, 0.5) is 4.39 Å². The fraction of sp³-hybridized carbons (Fsp3) is 0.444. The molecule has 4 nitrogen and oxygen atoms in total. The van der Waals surface area contributed by atoms with E-state index in [1.54, 1.807) is 18.3 Å². The molecule has 0 amide bonds. The van der Waals surface area contributed by atoms with Gasteiger partial charge in [-0.15, -0.1) is 0 Å². The fourth-order valence-electron chi connectivity index (χ4n) is 4.47. The van der Waals surface area contributed by atoms with Crippen LogP contribution >= 0.6 is 0 Å². The molecule has 1 aliphatic heterocycles. The van der Waals surface area contributed by atoms with Crippen molar-refractivity contribution >= 4 is 16.9 Å². The largest absolute Gasteiger partial charge is 0.480 e. The molecular weight excluding hydrogens is 295 g/mol. The van der Waals surface area contributed by atoms with Gasteiger partial charge in [-0.05, 0) is 60.4 Å². The van der Waals surface area contributed by atoms with E-state index in [0.717, 1.165) is 36.8 Å². The first-order valence-corrected chi connectivity index (χ1v) is 8.08. The van der Waals surface area contributed by atoms with Crippen LogP contribution in [0, 0.1) is 17.7 Å². The summed E-state index contributed by atoms with van der Waals surface area (Å²) in [5, 5.41) is 9.84. The van der Waals surface area contributed by atoms with E-state index in [1.807, 2.05) is 11.0 Å². The second kappa shape index (κ2) is 5.57. The topological polar surface area (TPSA) is 53.4 Å². The molecule has 0 bridgehead atoms. The van der Waals surface area contributed by atoms with Gasteiger partial charge in [0.25, 0.3) is 0 Å². The molecule has 1 saturated carbocycles. The highest BCUT2D eigenvalue weighted by atomic mass is 19.1. The van der Waals surface area contributed by atoms with E-state index in [-0.39, 0.29) is 12.4 Å². The molecule has 120 valence electrons. The Morgan fingerprint density at radius 2 is 2.00 bits per heavy atom. The van der Waals surface area contributed by atoms with Gasteiger partial charge in [-0.1, -0.05) is 0 Å². The van der Waals surface area contributed by atoms with E-state index in [9.17, 15) is 9.18 Å². The third kappa shape index (κ3) is 2.70. The van der Waals surface area contributed by atoms with Crippen LogP contribution in [0.5, 0.6) is 0 Å². The Morgan fingerprint density at radius 1 is 1.26 bits per heavy atom. The predicted molar refractivity (Wildman–Crippen MR) is 84.7 cm³/mol. The molecule has 2 fully saturated rings.